The van der Waals surface area contributed by atoms with E-state index in [0.29, 0.717) is 22.6 Å². The Kier molecular flexibility index (Phi) is 9.23. The van der Waals surface area contributed by atoms with E-state index in [0.717, 1.165) is 5.56 Å². The molecule has 1 unspecified atom stereocenters. The minimum Gasteiger partial charge on any atom is -0.497 e. The van der Waals surface area contributed by atoms with Gasteiger partial charge in [0.2, 0.25) is 0 Å². The Balaban J connectivity index is 1.48. The summed E-state index contributed by atoms with van der Waals surface area (Å²) in [6.07, 6.45) is 0.162. The van der Waals surface area contributed by atoms with Crippen LogP contribution in [0.3, 0.4) is 0 Å². The molecule has 0 aromatic heterocycles. The van der Waals surface area contributed by atoms with Gasteiger partial charge in [-0.05, 0) is 54.1 Å². The van der Waals surface area contributed by atoms with Gasteiger partial charge in [0.15, 0.2) is 0 Å². The third kappa shape index (κ3) is 7.32. The standard InChI is InChI=1S/C31H28N4O5/c1-40-24-18-16-23(17-19-24)29(37)34-35-31(39)27(20-21-10-4-2-5-11-21)33-30(38)25-14-8-9-15-26(25)32-28(36)22-12-6-3-7-13-22/h2-19,27H,20H2,1H3,(H,32,36)(H,33,38)(H,34,37)(H,35,39). The van der Waals surface area contributed by atoms with E-state index >= 15 is 0 Å². The molecule has 4 aromatic rings. The first-order chi connectivity index (χ1) is 19.4. The van der Waals surface area contributed by atoms with E-state index in [1.807, 2.05) is 30.3 Å². The van der Waals surface area contributed by atoms with Crippen molar-refractivity contribution in [3.05, 3.63) is 131 Å². The number of carbonyl (C=O) groups excluding carboxylic acids is 4. The number of hydrazine groups is 1. The van der Waals surface area contributed by atoms with Crippen LogP contribution in [0.15, 0.2) is 109 Å². The van der Waals surface area contributed by atoms with Crippen LogP contribution in [0.2, 0.25) is 0 Å². The molecule has 0 radical (unpaired) electrons. The summed E-state index contributed by atoms with van der Waals surface area (Å²) < 4.78 is 5.10. The molecule has 1 atom stereocenters. The van der Waals surface area contributed by atoms with Gasteiger partial charge in [-0.25, -0.2) is 0 Å². The fourth-order valence-electron chi connectivity index (χ4n) is 3.89. The van der Waals surface area contributed by atoms with Crippen molar-refractivity contribution >= 4 is 29.3 Å². The molecule has 4 N–H and O–H groups in total. The molecule has 4 aromatic carbocycles. The third-order valence-corrected chi connectivity index (χ3v) is 6.01. The Morgan fingerprint density at radius 1 is 0.650 bits per heavy atom. The van der Waals surface area contributed by atoms with E-state index < -0.39 is 23.8 Å². The van der Waals surface area contributed by atoms with Crippen molar-refractivity contribution in [1.82, 2.24) is 16.2 Å². The SMILES string of the molecule is COc1ccc(C(=O)NNC(=O)C(Cc2ccccc2)NC(=O)c2ccccc2NC(=O)c2ccccc2)cc1. The van der Waals surface area contributed by atoms with Crippen LogP contribution in [0.4, 0.5) is 5.69 Å². The molecule has 40 heavy (non-hydrogen) atoms. The number of amides is 4. The molecule has 0 spiro atoms. The highest BCUT2D eigenvalue weighted by atomic mass is 16.5. The number of methoxy groups -OCH3 is 1. The highest BCUT2D eigenvalue weighted by Gasteiger charge is 2.24. The Hall–Kier alpha value is -5.44. The Morgan fingerprint density at radius 3 is 1.93 bits per heavy atom. The lowest BCUT2D eigenvalue weighted by molar-refractivity contribution is -0.123. The number of hydrogen-bond acceptors (Lipinski definition) is 5. The maximum absolute atomic E-state index is 13.4. The van der Waals surface area contributed by atoms with Crippen LogP contribution in [0.25, 0.3) is 0 Å². The molecule has 9 heteroatoms. The molecule has 4 rings (SSSR count). The zero-order valence-corrected chi connectivity index (χ0v) is 21.7. The minimum absolute atomic E-state index is 0.162. The smallest absolute Gasteiger partial charge is 0.269 e. The van der Waals surface area contributed by atoms with Crippen molar-refractivity contribution in [2.24, 2.45) is 0 Å². The summed E-state index contributed by atoms with van der Waals surface area (Å²) >= 11 is 0. The van der Waals surface area contributed by atoms with Gasteiger partial charge in [0.05, 0.1) is 18.4 Å². The number of nitrogens with one attached hydrogen (secondary N) is 4. The van der Waals surface area contributed by atoms with Gasteiger partial charge in [0, 0.05) is 17.5 Å². The van der Waals surface area contributed by atoms with Gasteiger partial charge in [-0.2, -0.15) is 0 Å². The molecule has 0 bridgehead atoms. The number of para-hydroxylation sites is 1. The molecule has 0 saturated carbocycles. The second-order valence-corrected chi connectivity index (χ2v) is 8.75. The molecule has 4 amide bonds. The van der Waals surface area contributed by atoms with Crippen LogP contribution < -0.4 is 26.2 Å². The molecule has 0 aliphatic rings. The summed E-state index contributed by atoms with van der Waals surface area (Å²) in [6, 6.07) is 29.6. The van der Waals surface area contributed by atoms with Crippen molar-refractivity contribution < 1.29 is 23.9 Å². The van der Waals surface area contributed by atoms with Crippen molar-refractivity contribution in [1.29, 1.82) is 0 Å². The lowest BCUT2D eigenvalue weighted by Crippen LogP contribution is -2.53. The normalized spacial score (nSPS) is 11.0. The molecule has 202 valence electrons. The van der Waals surface area contributed by atoms with Crippen LogP contribution in [0.5, 0.6) is 5.75 Å². The van der Waals surface area contributed by atoms with Crippen LogP contribution in [0.1, 0.15) is 36.6 Å². The molecule has 0 heterocycles. The average molecular weight is 537 g/mol. The van der Waals surface area contributed by atoms with Crippen LogP contribution in [0, 0.1) is 0 Å². The first-order valence-corrected chi connectivity index (χ1v) is 12.5. The summed E-state index contributed by atoms with van der Waals surface area (Å²) in [7, 11) is 1.52. The molecule has 9 nitrogen and oxygen atoms in total. The maximum atomic E-state index is 13.4. The molecule has 0 aliphatic carbocycles. The summed E-state index contributed by atoms with van der Waals surface area (Å²) in [4.78, 5) is 51.8. The number of carbonyl (C=O) groups is 4. The van der Waals surface area contributed by atoms with Crippen LogP contribution >= 0.6 is 0 Å². The second kappa shape index (κ2) is 13.4. The maximum Gasteiger partial charge on any atom is 0.269 e. The van der Waals surface area contributed by atoms with Gasteiger partial charge in [0.25, 0.3) is 23.6 Å². The van der Waals surface area contributed by atoms with Crippen LogP contribution in [-0.4, -0.2) is 36.8 Å². The molecule has 0 fully saturated rings. The predicted octanol–water partition coefficient (Wildman–Crippen LogP) is 3.75. The number of hydrogen-bond donors (Lipinski definition) is 4. The van der Waals surface area contributed by atoms with Gasteiger partial charge >= 0.3 is 0 Å². The lowest BCUT2D eigenvalue weighted by atomic mass is 10.0. The van der Waals surface area contributed by atoms with E-state index in [9.17, 15) is 19.2 Å². The largest absolute Gasteiger partial charge is 0.497 e. The minimum atomic E-state index is -1.04. The number of ether oxygens (including phenoxy) is 1. The van der Waals surface area contributed by atoms with E-state index in [4.69, 9.17) is 4.74 Å². The summed E-state index contributed by atoms with van der Waals surface area (Å²) in [6.45, 7) is 0. The fourth-order valence-corrected chi connectivity index (χ4v) is 3.89. The predicted molar refractivity (Wildman–Crippen MR) is 151 cm³/mol. The zero-order chi connectivity index (χ0) is 28.3. The van der Waals surface area contributed by atoms with Gasteiger partial charge < -0.3 is 15.4 Å². The Labute approximate surface area is 231 Å². The van der Waals surface area contributed by atoms with Gasteiger partial charge in [-0.1, -0.05) is 60.7 Å². The Morgan fingerprint density at radius 2 is 1.25 bits per heavy atom. The summed E-state index contributed by atoms with van der Waals surface area (Å²) in [5, 5.41) is 5.50. The van der Waals surface area contributed by atoms with E-state index in [1.165, 1.54) is 7.11 Å². The van der Waals surface area contributed by atoms with Gasteiger partial charge in [-0.3, -0.25) is 30.0 Å². The number of rotatable bonds is 9. The topological polar surface area (TPSA) is 126 Å². The van der Waals surface area contributed by atoms with Crippen LogP contribution in [-0.2, 0) is 11.2 Å². The van der Waals surface area contributed by atoms with E-state index in [-0.39, 0.29) is 17.9 Å². The summed E-state index contributed by atoms with van der Waals surface area (Å²) in [5.74, 6) is -1.51. The average Bonchev–Trinajstić information content (AvgIpc) is 3.00. The van der Waals surface area contributed by atoms with Crippen molar-refractivity contribution in [3.63, 3.8) is 0 Å². The second-order valence-electron chi connectivity index (χ2n) is 8.75. The summed E-state index contributed by atoms with van der Waals surface area (Å²) in [5.41, 5.74) is 6.81. The molecular weight excluding hydrogens is 508 g/mol. The van der Waals surface area contributed by atoms with Crippen molar-refractivity contribution in [3.8, 4) is 5.75 Å². The van der Waals surface area contributed by atoms with E-state index in [2.05, 4.69) is 21.5 Å². The van der Waals surface area contributed by atoms with Crippen molar-refractivity contribution in [2.45, 2.75) is 12.5 Å². The van der Waals surface area contributed by atoms with Crippen molar-refractivity contribution in [2.75, 3.05) is 12.4 Å². The fraction of sp³-hybridized carbons (Fsp3) is 0.0968. The highest BCUT2D eigenvalue weighted by molar-refractivity contribution is 6.09. The first kappa shape index (κ1) is 27.6. The number of benzene rings is 4. The molecular formula is C31H28N4O5. The molecule has 0 aliphatic heterocycles. The monoisotopic (exact) mass is 536 g/mol. The zero-order valence-electron chi connectivity index (χ0n) is 21.7. The lowest BCUT2D eigenvalue weighted by Gasteiger charge is -2.20. The third-order valence-electron chi connectivity index (χ3n) is 6.01. The van der Waals surface area contributed by atoms with Gasteiger partial charge in [0.1, 0.15) is 11.8 Å². The highest BCUT2D eigenvalue weighted by Crippen LogP contribution is 2.17. The Bertz CT molecular complexity index is 1470. The first-order valence-electron chi connectivity index (χ1n) is 12.5. The van der Waals surface area contributed by atoms with Gasteiger partial charge in [-0.15, -0.1) is 0 Å². The molecule has 0 saturated heterocycles. The number of anilines is 1. The van der Waals surface area contributed by atoms with E-state index in [1.54, 1.807) is 78.9 Å². The quantitative estimate of drug-likeness (QED) is 0.243.